The van der Waals surface area contributed by atoms with Gasteiger partial charge in [-0.3, -0.25) is 4.79 Å². The Labute approximate surface area is 131 Å². The van der Waals surface area contributed by atoms with E-state index in [1.54, 1.807) is 12.1 Å². The summed E-state index contributed by atoms with van der Waals surface area (Å²) in [7, 11) is 0. The van der Waals surface area contributed by atoms with Crippen molar-refractivity contribution in [1.82, 2.24) is 5.32 Å². The summed E-state index contributed by atoms with van der Waals surface area (Å²) in [6.07, 6.45) is 8.32. The van der Waals surface area contributed by atoms with Crippen LogP contribution in [0.4, 0.5) is 0 Å². The number of hydrogen-bond acceptors (Lipinski definition) is 1. The van der Waals surface area contributed by atoms with Gasteiger partial charge >= 0.3 is 0 Å². The summed E-state index contributed by atoms with van der Waals surface area (Å²) in [6.45, 7) is 0.849. The predicted molar refractivity (Wildman–Crippen MR) is 84.4 cm³/mol. The molecule has 0 spiro atoms. The van der Waals surface area contributed by atoms with Crippen LogP contribution in [0.2, 0.25) is 5.02 Å². The molecule has 4 fully saturated rings. The highest BCUT2D eigenvalue weighted by molar-refractivity contribution is 6.30. The minimum Gasteiger partial charge on any atom is -0.351 e. The Morgan fingerprint density at radius 3 is 2.33 bits per heavy atom. The minimum atomic E-state index is 0.0215. The van der Waals surface area contributed by atoms with Crippen molar-refractivity contribution in [3.63, 3.8) is 0 Å². The van der Waals surface area contributed by atoms with Crippen molar-refractivity contribution < 1.29 is 4.79 Å². The van der Waals surface area contributed by atoms with Crippen molar-refractivity contribution in [2.75, 3.05) is 6.54 Å². The van der Waals surface area contributed by atoms with Crippen LogP contribution in [0.3, 0.4) is 0 Å². The number of nitrogens with one attached hydrogen (secondary N) is 1. The largest absolute Gasteiger partial charge is 0.351 e. The second-order valence-electron chi connectivity index (χ2n) is 7.61. The molecule has 0 saturated heterocycles. The summed E-state index contributed by atoms with van der Waals surface area (Å²) < 4.78 is 0. The molecule has 1 amide bonds. The quantitative estimate of drug-likeness (QED) is 0.887. The normalized spacial score (nSPS) is 36.7. The first-order valence-electron chi connectivity index (χ1n) is 8.16. The summed E-state index contributed by atoms with van der Waals surface area (Å²) in [5.41, 5.74) is 1.07. The van der Waals surface area contributed by atoms with Gasteiger partial charge in [0.2, 0.25) is 0 Å². The van der Waals surface area contributed by atoms with Gasteiger partial charge in [0, 0.05) is 17.1 Å². The SMILES string of the molecule is O=C(NCC12CC3CC(CC(C3)C1)C2)c1cccc(Cl)c1. The molecular weight excluding hydrogens is 282 g/mol. The Balaban J connectivity index is 1.44. The highest BCUT2D eigenvalue weighted by Crippen LogP contribution is 2.59. The van der Waals surface area contributed by atoms with Gasteiger partial charge in [-0.15, -0.1) is 0 Å². The maximum absolute atomic E-state index is 12.3. The summed E-state index contributed by atoms with van der Waals surface area (Å²) in [5, 5.41) is 3.81. The molecule has 21 heavy (non-hydrogen) atoms. The van der Waals surface area contributed by atoms with E-state index in [1.165, 1.54) is 38.5 Å². The fraction of sp³-hybridized carbons (Fsp3) is 0.611. The van der Waals surface area contributed by atoms with Crippen LogP contribution < -0.4 is 5.32 Å². The van der Waals surface area contributed by atoms with Gasteiger partial charge in [-0.05, 0) is 79.9 Å². The first-order valence-corrected chi connectivity index (χ1v) is 8.53. The van der Waals surface area contributed by atoms with Crippen LogP contribution in [0.1, 0.15) is 48.9 Å². The lowest BCUT2D eigenvalue weighted by Crippen LogP contribution is -2.51. The molecule has 4 aliphatic rings. The van der Waals surface area contributed by atoms with E-state index in [0.29, 0.717) is 16.0 Å². The zero-order valence-electron chi connectivity index (χ0n) is 12.3. The summed E-state index contributed by atoms with van der Waals surface area (Å²) in [5.74, 6) is 2.81. The van der Waals surface area contributed by atoms with Crippen LogP contribution >= 0.6 is 11.6 Å². The van der Waals surface area contributed by atoms with Crippen molar-refractivity contribution in [1.29, 1.82) is 0 Å². The summed E-state index contributed by atoms with van der Waals surface area (Å²) in [6, 6.07) is 7.22. The van der Waals surface area contributed by atoms with Crippen LogP contribution in [0.25, 0.3) is 0 Å². The summed E-state index contributed by atoms with van der Waals surface area (Å²) >= 11 is 5.97. The van der Waals surface area contributed by atoms with Gasteiger partial charge in [0.15, 0.2) is 0 Å². The van der Waals surface area contributed by atoms with Gasteiger partial charge in [0.1, 0.15) is 0 Å². The predicted octanol–water partition coefficient (Wildman–Crippen LogP) is 4.29. The summed E-state index contributed by atoms with van der Waals surface area (Å²) in [4.78, 5) is 12.3. The molecule has 1 N–H and O–H groups in total. The van der Waals surface area contributed by atoms with Crippen LogP contribution in [0, 0.1) is 23.2 Å². The molecule has 2 nitrogen and oxygen atoms in total. The molecular formula is C18H22ClNO. The lowest BCUT2D eigenvalue weighted by atomic mass is 9.49. The van der Waals surface area contributed by atoms with Crippen LogP contribution in [0.5, 0.6) is 0 Å². The minimum absolute atomic E-state index is 0.0215. The average Bonchev–Trinajstić information content (AvgIpc) is 2.43. The van der Waals surface area contributed by atoms with Gasteiger partial charge in [-0.2, -0.15) is 0 Å². The third-order valence-corrected chi connectivity index (χ3v) is 6.11. The second kappa shape index (κ2) is 5.01. The first kappa shape index (κ1) is 13.6. The van der Waals surface area contributed by atoms with Crippen molar-refractivity contribution in [2.45, 2.75) is 38.5 Å². The first-order chi connectivity index (χ1) is 10.1. The molecule has 4 aliphatic carbocycles. The molecule has 112 valence electrons. The Hall–Kier alpha value is -1.02. The molecule has 1 aromatic rings. The molecule has 0 atom stereocenters. The third kappa shape index (κ3) is 2.59. The van der Waals surface area contributed by atoms with E-state index in [1.807, 2.05) is 12.1 Å². The molecule has 4 saturated carbocycles. The molecule has 3 heteroatoms. The van der Waals surface area contributed by atoms with Gasteiger partial charge in [0.05, 0.1) is 0 Å². The molecule has 4 bridgehead atoms. The van der Waals surface area contributed by atoms with E-state index in [2.05, 4.69) is 5.32 Å². The maximum atomic E-state index is 12.3. The molecule has 0 aromatic heterocycles. The van der Waals surface area contributed by atoms with Crippen molar-refractivity contribution in [3.8, 4) is 0 Å². The molecule has 0 unspecified atom stereocenters. The molecule has 0 radical (unpaired) electrons. The number of hydrogen-bond donors (Lipinski definition) is 1. The molecule has 1 aromatic carbocycles. The fourth-order valence-electron chi connectivity index (χ4n) is 5.51. The van der Waals surface area contributed by atoms with Crippen molar-refractivity contribution in [3.05, 3.63) is 34.9 Å². The topological polar surface area (TPSA) is 29.1 Å². The molecule has 0 heterocycles. The zero-order chi connectivity index (χ0) is 14.4. The highest BCUT2D eigenvalue weighted by Gasteiger charge is 2.50. The van der Waals surface area contributed by atoms with Gasteiger partial charge in [-0.25, -0.2) is 0 Å². The van der Waals surface area contributed by atoms with Gasteiger partial charge in [0.25, 0.3) is 5.91 Å². The Bertz CT molecular complexity index is 533. The monoisotopic (exact) mass is 303 g/mol. The van der Waals surface area contributed by atoms with Crippen molar-refractivity contribution >= 4 is 17.5 Å². The molecule has 5 rings (SSSR count). The van der Waals surface area contributed by atoms with E-state index in [0.717, 1.165) is 24.3 Å². The van der Waals surface area contributed by atoms with E-state index in [4.69, 9.17) is 11.6 Å². The van der Waals surface area contributed by atoms with Crippen LogP contribution in [0.15, 0.2) is 24.3 Å². The average molecular weight is 304 g/mol. The molecule has 0 aliphatic heterocycles. The van der Waals surface area contributed by atoms with Crippen LogP contribution in [-0.4, -0.2) is 12.5 Å². The van der Waals surface area contributed by atoms with E-state index in [-0.39, 0.29) is 5.91 Å². The number of amides is 1. The van der Waals surface area contributed by atoms with E-state index < -0.39 is 0 Å². The van der Waals surface area contributed by atoms with Gasteiger partial charge in [-0.1, -0.05) is 17.7 Å². The van der Waals surface area contributed by atoms with Gasteiger partial charge < -0.3 is 5.32 Å². The lowest BCUT2D eigenvalue weighted by Gasteiger charge is -2.56. The second-order valence-corrected chi connectivity index (χ2v) is 8.05. The number of benzene rings is 1. The number of rotatable bonds is 3. The Morgan fingerprint density at radius 1 is 1.14 bits per heavy atom. The van der Waals surface area contributed by atoms with E-state index in [9.17, 15) is 4.79 Å². The third-order valence-electron chi connectivity index (χ3n) is 5.88. The number of carbonyl (C=O) groups is 1. The highest BCUT2D eigenvalue weighted by atomic mass is 35.5. The Kier molecular flexibility index (Phi) is 3.25. The maximum Gasteiger partial charge on any atom is 0.251 e. The number of carbonyl (C=O) groups excluding carboxylic acids is 1. The van der Waals surface area contributed by atoms with Crippen molar-refractivity contribution in [2.24, 2.45) is 23.2 Å². The smallest absolute Gasteiger partial charge is 0.251 e. The number of halogens is 1. The standard InChI is InChI=1S/C18H22ClNO/c19-16-3-1-2-15(7-16)17(21)20-11-18-8-12-4-13(9-18)6-14(5-12)10-18/h1-3,7,12-14H,4-6,8-11H2,(H,20,21). The van der Waals surface area contributed by atoms with E-state index >= 15 is 0 Å². The fourth-order valence-corrected chi connectivity index (χ4v) is 5.70. The van der Waals surface area contributed by atoms with Crippen LogP contribution in [-0.2, 0) is 0 Å². The Morgan fingerprint density at radius 2 is 1.76 bits per heavy atom. The lowest BCUT2D eigenvalue weighted by molar-refractivity contribution is -0.0503. The zero-order valence-corrected chi connectivity index (χ0v) is 13.0.